The van der Waals surface area contributed by atoms with Gasteiger partial charge in [-0.2, -0.15) is 11.8 Å². The Bertz CT molecular complexity index is 770. The summed E-state index contributed by atoms with van der Waals surface area (Å²) >= 11 is 3.85. The smallest absolute Gasteiger partial charge is 0.191 e. The lowest BCUT2D eigenvalue weighted by Crippen LogP contribution is -2.41. The second-order valence-corrected chi connectivity index (χ2v) is 9.64. The van der Waals surface area contributed by atoms with Crippen LogP contribution in [0.25, 0.3) is 0 Å². The zero-order valence-corrected chi connectivity index (χ0v) is 18.6. The van der Waals surface area contributed by atoms with E-state index in [0.717, 1.165) is 42.9 Å². The molecule has 2 aromatic rings. The monoisotopic (exact) mass is 418 g/mol. The summed E-state index contributed by atoms with van der Waals surface area (Å²) in [6.07, 6.45) is 5.74. The fourth-order valence-electron chi connectivity index (χ4n) is 2.77. The van der Waals surface area contributed by atoms with Crippen LogP contribution in [0.3, 0.4) is 0 Å². The lowest BCUT2D eigenvalue weighted by Gasteiger charge is -2.18. The van der Waals surface area contributed by atoms with E-state index in [1.165, 1.54) is 17.7 Å². The molecular formula is C20H30N6S2. The number of guanidine groups is 1. The Kier molecular flexibility index (Phi) is 7.67. The highest BCUT2D eigenvalue weighted by Gasteiger charge is 2.43. The number of aromatic nitrogens is 3. The molecule has 1 aliphatic rings. The number of rotatable bonds is 10. The predicted octanol–water partition coefficient (Wildman–Crippen LogP) is 3.24. The van der Waals surface area contributed by atoms with Crippen molar-refractivity contribution in [3.8, 4) is 0 Å². The van der Waals surface area contributed by atoms with E-state index < -0.39 is 0 Å². The number of aliphatic imine (C=N–C) groups is 1. The van der Waals surface area contributed by atoms with E-state index in [2.05, 4.69) is 57.4 Å². The minimum atomic E-state index is 0.282. The van der Waals surface area contributed by atoms with Gasteiger partial charge in [0, 0.05) is 29.8 Å². The number of hydrogen-bond acceptors (Lipinski definition) is 5. The Hall–Kier alpha value is -1.67. The zero-order chi connectivity index (χ0) is 19.8. The normalized spacial score (nSPS) is 15.5. The first kappa shape index (κ1) is 21.0. The minimum Gasteiger partial charge on any atom is -0.356 e. The van der Waals surface area contributed by atoms with Crippen LogP contribution in [-0.2, 0) is 13.6 Å². The Morgan fingerprint density at radius 2 is 2.00 bits per heavy atom. The van der Waals surface area contributed by atoms with Gasteiger partial charge in [0.15, 0.2) is 11.8 Å². The third-order valence-corrected chi connectivity index (χ3v) is 7.03. The van der Waals surface area contributed by atoms with Crippen molar-refractivity contribution >= 4 is 29.5 Å². The van der Waals surface area contributed by atoms with Crippen LogP contribution in [0.5, 0.6) is 0 Å². The maximum absolute atomic E-state index is 4.76. The van der Waals surface area contributed by atoms with Gasteiger partial charge in [0.25, 0.3) is 0 Å². The van der Waals surface area contributed by atoms with Gasteiger partial charge in [-0.3, -0.25) is 0 Å². The molecule has 1 fully saturated rings. The van der Waals surface area contributed by atoms with Gasteiger partial charge in [-0.25, -0.2) is 4.99 Å². The first-order valence-electron chi connectivity index (χ1n) is 9.72. The molecule has 1 aromatic heterocycles. The molecule has 1 aromatic carbocycles. The van der Waals surface area contributed by atoms with Crippen LogP contribution in [0.15, 0.2) is 40.2 Å². The molecule has 0 unspecified atom stereocenters. The number of benzene rings is 1. The molecular weight excluding hydrogens is 388 g/mol. The topological polar surface area (TPSA) is 67.1 Å². The maximum atomic E-state index is 4.76. The lowest BCUT2D eigenvalue weighted by atomic mass is 10.4. The summed E-state index contributed by atoms with van der Waals surface area (Å²) in [7, 11) is 1.98. The van der Waals surface area contributed by atoms with Gasteiger partial charge < -0.3 is 15.2 Å². The number of hydrogen-bond donors (Lipinski definition) is 2. The third kappa shape index (κ3) is 6.17. The average Bonchev–Trinajstić information content (AvgIpc) is 3.40. The van der Waals surface area contributed by atoms with Crippen molar-refractivity contribution in [3.05, 3.63) is 42.0 Å². The van der Waals surface area contributed by atoms with Crippen LogP contribution in [0.4, 0.5) is 0 Å². The van der Waals surface area contributed by atoms with Crippen LogP contribution < -0.4 is 10.6 Å². The van der Waals surface area contributed by atoms with Crippen molar-refractivity contribution in [1.29, 1.82) is 0 Å². The highest BCUT2D eigenvalue weighted by Crippen LogP contribution is 2.51. The van der Waals surface area contributed by atoms with E-state index in [1.807, 2.05) is 42.1 Å². The molecule has 1 aliphatic carbocycles. The van der Waals surface area contributed by atoms with Crippen molar-refractivity contribution in [1.82, 2.24) is 25.4 Å². The van der Waals surface area contributed by atoms with Gasteiger partial charge in [-0.05, 0) is 50.3 Å². The molecule has 1 saturated carbocycles. The van der Waals surface area contributed by atoms with Crippen molar-refractivity contribution < 1.29 is 0 Å². The van der Waals surface area contributed by atoms with E-state index in [-0.39, 0.29) is 4.75 Å². The number of aryl methyl sites for hydroxylation is 1. The fraction of sp³-hybridized carbons (Fsp3) is 0.550. The molecule has 0 saturated heterocycles. The van der Waals surface area contributed by atoms with Gasteiger partial charge >= 0.3 is 0 Å². The Labute approximate surface area is 176 Å². The van der Waals surface area contributed by atoms with E-state index in [1.54, 1.807) is 0 Å². The molecule has 0 spiro atoms. The average molecular weight is 419 g/mol. The second-order valence-electron chi connectivity index (χ2n) is 7.11. The fourth-order valence-corrected chi connectivity index (χ4v) is 4.45. The molecule has 0 amide bonds. The van der Waals surface area contributed by atoms with Crippen LogP contribution in [0.2, 0.25) is 0 Å². The molecule has 3 rings (SSSR count). The summed E-state index contributed by atoms with van der Waals surface area (Å²) in [5.41, 5.74) is 0. The molecule has 152 valence electrons. The largest absolute Gasteiger partial charge is 0.356 e. The maximum Gasteiger partial charge on any atom is 0.191 e. The summed E-state index contributed by atoms with van der Waals surface area (Å²) in [4.78, 5) is 6.09. The first-order valence-corrected chi connectivity index (χ1v) is 11.9. The van der Waals surface area contributed by atoms with Crippen molar-refractivity contribution in [2.24, 2.45) is 12.0 Å². The highest BCUT2D eigenvalue weighted by atomic mass is 32.2. The van der Waals surface area contributed by atoms with E-state index in [9.17, 15) is 0 Å². The molecule has 8 heteroatoms. The summed E-state index contributed by atoms with van der Waals surface area (Å²) in [5, 5.41) is 15.4. The molecule has 0 radical (unpaired) electrons. The van der Waals surface area contributed by atoms with Crippen LogP contribution >= 0.6 is 23.5 Å². The Morgan fingerprint density at radius 1 is 1.21 bits per heavy atom. The number of thioether (sulfide) groups is 2. The summed E-state index contributed by atoms with van der Waals surface area (Å²) in [6, 6.07) is 10.7. The SMILES string of the molecule is CSCCCNC(=NCc1nnc(C)n1C)NCC1(Sc2ccccc2)CC1. The van der Waals surface area contributed by atoms with Crippen molar-refractivity contribution in [2.75, 3.05) is 25.1 Å². The second kappa shape index (κ2) is 10.2. The summed E-state index contributed by atoms with van der Waals surface area (Å²) in [5.74, 6) is 3.80. The number of nitrogens with zero attached hydrogens (tertiary/aromatic N) is 4. The Balaban J connectivity index is 1.58. The van der Waals surface area contributed by atoms with E-state index in [4.69, 9.17) is 4.99 Å². The van der Waals surface area contributed by atoms with E-state index >= 15 is 0 Å². The third-order valence-electron chi connectivity index (χ3n) is 4.84. The molecule has 0 bridgehead atoms. The van der Waals surface area contributed by atoms with Crippen LogP contribution in [0.1, 0.15) is 30.9 Å². The number of nitrogens with one attached hydrogen (secondary N) is 2. The molecule has 0 aliphatic heterocycles. The van der Waals surface area contributed by atoms with Crippen molar-refractivity contribution in [2.45, 2.75) is 42.4 Å². The Morgan fingerprint density at radius 3 is 2.64 bits per heavy atom. The van der Waals surface area contributed by atoms with Crippen LogP contribution in [0, 0.1) is 6.92 Å². The lowest BCUT2D eigenvalue weighted by molar-refractivity contribution is 0.731. The molecule has 0 atom stereocenters. The standard InChI is InChI=1S/C20H30N6S2/c1-16-24-25-18(26(16)2)14-22-19(21-12-7-13-27-3)23-15-20(10-11-20)28-17-8-5-4-6-9-17/h4-6,8-9H,7,10-15H2,1-3H3,(H2,21,22,23). The van der Waals surface area contributed by atoms with Crippen LogP contribution in [-0.4, -0.2) is 50.6 Å². The first-order chi connectivity index (χ1) is 13.6. The van der Waals surface area contributed by atoms with Gasteiger partial charge in [0.05, 0.1) is 0 Å². The molecule has 6 nitrogen and oxygen atoms in total. The highest BCUT2D eigenvalue weighted by molar-refractivity contribution is 8.01. The summed E-state index contributed by atoms with van der Waals surface area (Å²) in [6.45, 7) is 4.31. The summed E-state index contributed by atoms with van der Waals surface area (Å²) < 4.78 is 2.27. The van der Waals surface area contributed by atoms with Gasteiger partial charge in [-0.1, -0.05) is 18.2 Å². The quantitative estimate of drug-likeness (QED) is 0.351. The predicted molar refractivity (Wildman–Crippen MR) is 120 cm³/mol. The van der Waals surface area contributed by atoms with Gasteiger partial charge in [-0.15, -0.1) is 22.0 Å². The van der Waals surface area contributed by atoms with Crippen molar-refractivity contribution in [3.63, 3.8) is 0 Å². The molecule has 2 N–H and O–H groups in total. The molecule has 1 heterocycles. The molecule has 28 heavy (non-hydrogen) atoms. The van der Waals surface area contributed by atoms with Gasteiger partial charge in [0.1, 0.15) is 12.4 Å². The van der Waals surface area contributed by atoms with Gasteiger partial charge in [0.2, 0.25) is 0 Å². The zero-order valence-electron chi connectivity index (χ0n) is 16.9. The minimum absolute atomic E-state index is 0.282. The van der Waals surface area contributed by atoms with E-state index in [0.29, 0.717) is 6.54 Å².